The smallest absolute Gasteiger partial charge is 0.258 e. The molecule has 1 aliphatic heterocycles. The highest BCUT2D eigenvalue weighted by atomic mass is 19.1. The molecule has 0 saturated heterocycles. The van der Waals surface area contributed by atoms with Gasteiger partial charge < -0.3 is 14.2 Å². The molecular formula is C27H27FN4O3. The van der Waals surface area contributed by atoms with Crippen LogP contribution in [0.15, 0.2) is 59.7 Å². The molecule has 0 saturated carbocycles. The number of carbonyl (C=O) groups excluding carboxylic acids is 1. The summed E-state index contributed by atoms with van der Waals surface area (Å²) in [7, 11) is 2.04. The minimum atomic E-state index is -0.409. The molecule has 1 aromatic carbocycles. The molecule has 5 rings (SSSR count). The van der Waals surface area contributed by atoms with Crippen molar-refractivity contribution in [2.24, 2.45) is 13.0 Å². The van der Waals surface area contributed by atoms with E-state index >= 15 is 0 Å². The van der Waals surface area contributed by atoms with Crippen molar-refractivity contribution in [2.75, 3.05) is 6.54 Å². The molecule has 0 unspecified atom stereocenters. The van der Waals surface area contributed by atoms with Crippen molar-refractivity contribution in [3.63, 3.8) is 0 Å². The quantitative estimate of drug-likeness (QED) is 0.439. The second-order valence-electron chi connectivity index (χ2n) is 9.18. The summed E-state index contributed by atoms with van der Waals surface area (Å²) < 4.78 is 22.4. The Morgan fingerprint density at radius 1 is 1.17 bits per heavy atom. The molecule has 1 aliphatic rings. The van der Waals surface area contributed by atoms with Crippen LogP contribution in [0, 0.1) is 11.7 Å². The predicted octanol–water partition coefficient (Wildman–Crippen LogP) is 3.98. The average molecular weight is 475 g/mol. The van der Waals surface area contributed by atoms with E-state index in [1.54, 1.807) is 22.9 Å². The molecule has 0 atom stereocenters. The van der Waals surface area contributed by atoms with Crippen LogP contribution in [0.2, 0.25) is 0 Å². The number of aromatic nitrogens is 3. The standard InChI is InChI=1S/C27H27FN4O3/c1-17(2)27(34)31-10-9-24-23(15-31)22-7-6-20(12-25(22)30(24)3)32-11-8-21(13-26(32)33)35-16-19-5-4-18(28)14-29-19/h4-8,11-14,17H,9-10,15-16H2,1-3H3. The van der Waals surface area contributed by atoms with E-state index in [-0.39, 0.29) is 24.0 Å². The average Bonchev–Trinajstić information content (AvgIpc) is 3.14. The van der Waals surface area contributed by atoms with Gasteiger partial charge in [0, 0.05) is 61.4 Å². The first-order valence-corrected chi connectivity index (χ1v) is 11.7. The monoisotopic (exact) mass is 474 g/mol. The zero-order valence-electron chi connectivity index (χ0n) is 20.0. The Balaban J connectivity index is 1.40. The number of fused-ring (bicyclic) bond motifs is 3. The third-order valence-electron chi connectivity index (χ3n) is 6.54. The third kappa shape index (κ3) is 4.32. The first-order chi connectivity index (χ1) is 16.8. The highest BCUT2D eigenvalue weighted by Crippen LogP contribution is 2.32. The lowest BCUT2D eigenvalue weighted by Crippen LogP contribution is -2.38. The van der Waals surface area contributed by atoms with Gasteiger partial charge in [0.15, 0.2) is 0 Å². The van der Waals surface area contributed by atoms with Gasteiger partial charge in [0.1, 0.15) is 18.2 Å². The summed E-state index contributed by atoms with van der Waals surface area (Å²) in [5, 5.41) is 1.10. The van der Waals surface area contributed by atoms with E-state index in [2.05, 4.69) is 9.55 Å². The van der Waals surface area contributed by atoms with Crippen LogP contribution < -0.4 is 10.3 Å². The Kier molecular flexibility index (Phi) is 5.88. The fourth-order valence-corrected chi connectivity index (χ4v) is 4.68. The summed E-state index contributed by atoms with van der Waals surface area (Å²) >= 11 is 0. The first-order valence-electron chi connectivity index (χ1n) is 11.7. The minimum absolute atomic E-state index is 0.0242. The normalized spacial score (nSPS) is 13.3. The molecule has 8 heteroatoms. The van der Waals surface area contributed by atoms with Crippen LogP contribution in [0.25, 0.3) is 16.6 Å². The first kappa shape index (κ1) is 22.8. The van der Waals surface area contributed by atoms with Gasteiger partial charge in [0.05, 0.1) is 23.1 Å². The largest absolute Gasteiger partial charge is 0.487 e. The van der Waals surface area contributed by atoms with E-state index < -0.39 is 5.82 Å². The van der Waals surface area contributed by atoms with Crippen LogP contribution >= 0.6 is 0 Å². The van der Waals surface area contributed by atoms with E-state index in [1.165, 1.54) is 23.4 Å². The lowest BCUT2D eigenvalue weighted by molar-refractivity contribution is -0.135. The van der Waals surface area contributed by atoms with Crippen LogP contribution in [0.5, 0.6) is 5.75 Å². The number of benzene rings is 1. The van der Waals surface area contributed by atoms with Gasteiger partial charge in [-0.15, -0.1) is 0 Å². The van der Waals surface area contributed by atoms with E-state index in [4.69, 9.17) is 4.74 Å². The van der Waals surface area contributed by atoms with Crippen molar-refractivity contribution in [1.82, 2.24) is 19.0 Å². The van der Waals surface area contributed by atoms with Crippen molar-refractivity contribution >= 4 is 16.8 Å². The number of hydrogen-bond donors (Lipinski definition) is 0. The summed E-state index contributed by atoms with van der Waals surface area (Å²) in [4.78, 5) is 31.3. The molecule has 3 aromatic heterocycles. The van der Waals surface area contributed by atoms with Crippen LogP contribution in [0.1, 0.15) is 30.8 Å². The van der Waals surface area contributed by atoms with E-state index in [9.17, 15) is 14.0 Å². The van der Waals surface area contributed by atoms with Gasteiger partial charge in [0.25, 0.3) is 5.56 Å². The Morgan fingerprint density at radius 3 is 2.71 bits per heavy atom. The molecule has 180 valence electrons. The number of carbonyl (C=O) groups is 1. The van der Waals surface area contributed by atoms with Gasteiger partial charge in [0.2, 0.25) is 5.91 Å². The van der Waals surface area contributed by atoms with Crippen molar-refractivity contribution in [3.8, 4) is 11.4 Å². The maximum atomic E-state index is 13.0. The number of hydrogen-bond acceptors (Lipinski definition) is 4. The molecule has 1 amide bonds. The topological polar surface area (TPSA) is 69.4 Å². The zero-order chi connectivity index (χ0) is 24.7. The van der Waals surface area contributed by atoms with Crippen molar-refractivity contribution < 1.29 is 13.9 Å². The number of pyridine rings is 2. The molecule has 0 bridgehead atoms. The molecule has 0 fully saturated rings. The van der Waals surface area contributed by atoms with Gasteiger partial charge in [-0.25, -0.2) is 4.39 Å². The van der Waals surface area contributed by atoms with E-state index in [0.717, 1.165) is 35.8 Å². The molecule has 4 aromatic rings. The van der Waals surface area contributed by atoms with Crippen LogP contribution in [0.3, 0.4) is 0 Å². The maximum absolute atomic E-state index is 13.0. The number of ether oxygens (including phenoxy) is 1. The number of amides is 1. The van der Waals surface area contributed by atoms with Gasteiger partial charge in [-0.1, -0.05) is 19.9 Å². The number of aryl methyl sites for hydroxylation is 1. The van der Waals surface area contributed by atoms with Crippen LogP contribution in [-0.4, -0.2) is 31.5 Å². The van der Waals surface area contributed by atoms with Gasteiger partial charge in [-0.3, -0.25) is 19.1 Å². The van der Waals surface area contributed by atoms with Crippen molar-refractivity contribution in [2.45, 2.75) is 33.4 Å². The summed E-state index contributed by atoms with van der Waals surface area (Å²) in [6, 6.07) is 12.0. The predicted molar refractivity (Wildman–Crippen MR) is 131 cm³/mol. The highest BCUT2D eigenvalue weighted by molar-refractivity contribution is 5.88. The van der Waals surface area contributed by atoms with Crippen molar-refractivity contribution in [1.29, 1.82) is 0 Å². The van der Waals surface area contributed by atoms with Crippen LogP contribution in [0.4, 0.5) is 4.39 Å². The van der Waals surface area contributed by atoms with Crippen LogP contribution in [-0.2, 0) is 31.4 Å². The molecule has 0 N–H and O–H groups in total. The lowest BCUT2D eigenvalue weighted by Gasteiger charge is -2.29. The fourth-order valence-electron chi connectivity index (χ4n) is 4.68. The Bertz CT molecular complexity index is 1470. The summed E-state index contributed by atoms with van der Waals surface area (Å²) in [6.45, 7) is 5.33. The maximum Gasteiger partial charge on any atom is 0.258 e. The molecule has 35 heavy (non-hydrogen) atoms. The van der Waals surface area contributed by atoms with Gasteiger partial charge in [-0.2, -0.15) is 0 Å². The molecule has 0 spiro atoms. The minimum Gasteiger partial charge on any atom is -0.487 e. The second-order valence-corrected chi connectivity index (χ2v) is 9.18. The lowest BCUT2D eigenvalue weighted by atomic mass is 10.0. The summed E-state index contributed by atoms with van der Waals surface area (Å²) in [5.74, 6) is 0.161. The Morgan fingerprint density at radius 2 is 2.00 bits per heavy atom. The number of rotatable bonds is 5. The second kappa shape index (κ2) is 9.02. The highest BCUT2D eigenvalue weighted by Gasteiger charge is 2.27. The molecule has 0 aliphatic carbocycles. The number of halogens is 1. The zero-order valence-corrected chi connectivity index (χ0v) is 20.0. The molecule has 0 radical (unpaired) electrons. The Labute approximate surface area is 202 Å². The Hall–Kier alpha value is -3.94. The summed E-state index contributed by atoms with van der Waals surface area (Å²) in [6.07, 6.45) is 3.62. The van der Waals surface area contributed by atoms with Gasteiger partial charge >= 0.3 is 0 Å². The fraction of sp³-hybridized carbons (Fsp3) is 0.296. The van der Waals surface area contributed by atoms with Gasteiger partial charge in [-0.05, 0) is 30.3 Å². The molecular weight excluding hydrogens is 447 g/mol. The third-order valence-corrected chi connectivity index (χ3v) is 6.54. The van der Waals surface area contributed by atoms with E-state index in [1.807, 2.05) is 44.0 Å². The summed E-state index contributed by atoms with van der Waals surface area (Å²) in [5.41, 5.74) is 4.54. The molecule has 7 nitrogen and oxygen atoms in total. The number of nitrogens with zero attached hydrogens (tertiary/aromatic N) is 4. The molecule has 4 heterocycles. The SMILES string of the molecule is CC(C)C(=O)N1CCc2c(c3ccc(-n4ccc(OCc5ccc(F)cn5)cc4=O)cc3n2C)C1. The van der Waals surface area contributed by atoms with Crippen molar-refractivity contribution in [3.05, 3.63) is 88.0 Å². The van der Waals surface area contributed by atoms with E-state index in [0.29, 0.717) is 18.0 Å².